The molecule has 2 N–H and O–H groups in total. The van der Waals surface area contributed by atoms with Crippen LogP contribution in [0.5, 0.6) is 11.5 Å². The minimum absolute atomic E-state index is 0. The molecule has 0 atom stereocenters. The fraction of sp³-hybridized carbons (Fsp3) is 0.0714. The molecule has 0 amide bonds. The first-order valence-electron chi connectivity index (χ1n) is 10.3. The number of aryl methyl sites for hydroxylation is 2. The van der Waals surface area contributed by atoms with E-state index in [2.05, 4.69) is 9.98 Å². The van der Waals surface area contributed by atoms with Gasteiger partial charge >= 0.3 is 0 Å². The summed E-state index contributed by atoms with van der Waals surface area (Å²) in [6.45, 7) is 4.08. The summed E-state index contributed by atoms with van der Waals surface area (Å²) in [5.41, 5.74) is 5.64. The normalized spacial score (nSPS) is 10.5. The van der Waals surface area contributed by atoms with E-state index in [9.17, 15) is 10.2 Å². The van der Waals surface area contributed by atoms with Crippen LogP contribution in [0.2, 0.25) is 0 Å². The Kier molecular flexibility index (Phi) is 10.1. The molecule has 169 valence electrons. The number of hydrogen-bond acceptors (Lipinski definition) is 4. The van der Waals surface area contributed by atoms with Gasteiger partial charge in [0.05, 0.1) is 11.4 Å². The van der Waals surface area contributed by atoms with Crippen molar-refractivity contribution in [1.29, 1.82) is 0 Å². The van der Waals surface area contributed by atoms with E-state index in [4.69, 9.17) is 0 Å². The van der Waals surface area contributed by atoms with E-state index < -0.39 is 0 Å². The van der Waals surface area contributed by atoms with Crippen LogP contribution < -0.4 is 0 Å². The van der Waals surface area contributed by atoms with Crippen molar-refractivity contribution in [3.8, 4) is 11.5 Å². The Bertz CT molecular complexity index is 1100. The Balaban J connectivity index is 0.000000227. The number of rotatable bonds is 4. The Morgan fingerprint density at radius 3 is 1.18 bits per heavy atom. The molecule has 0 aromatic heterocycles. The first-order chi connectivity index (χ1) is 15.5. The maximum Gasteiger partial charge on any atom is 0.124 e. The van der Waals surface area contributed by atoms with Gasteiger partial charge in [0.15, 0.2) is 0 Å². The van der Waals surface area contributed by atoms with Crippen LogP contribution in [-0.4, -0.2) is 22.6 Å². The van der Waals surface area contributed by atoms with E-state index in [-0.39, 0.29) is 28.3 Å². The Morgan fingerprint density at radius 1 is 0.515 bits per heavy atom. The van der Waals surface area contributed by atoms with Crippen LogP contribution in [-0.2, 0) is 16.8 Å². The maximum absolute atomic E-state index is 9.54. The number of aromatic hydroxyl groups is 2. The van der Waals surface area contributed by atoms with Crippen molar-refractivity contribution in [2.75, 3.05) is 0 Å². The third kappa shape index (κ3) is 8.41. The number of nitrogens with zero attached hydrogens (tertiary/aromatic N) is 2. The van der Waals surface area contributed by atoms with Gasteiger partial charge in [0.2, 0.25) is 0 Å². The number of phenolic OH excluding ortho intramolecular Hbond substituents is 2. The van der Waals surface area contributed by atoms with Crippen molar-refractivity contribution in [2.45, 2.75) is 13.8 Å². The molecule has 4 aromatic rings. The average molecular weight is 481 g/mol. The van der Waals surface area contributed by atoms with Crippen molar-refractivity contribution in [3.05, 3.63) is 119 Å². The van der Waals surface area contributed by atoms with E-state index in [1.54, 1.807) is 36.7 Å². The molecule has 4 nitrogen and oxygen atoms in total. The molecule has 0 aliphatic carbocycles. The molecule has 0 saturated heterocycles. The summed E-state index contributed by atoms with van der Waals surface area (Å²) >= 11 is 0. The summed E-state index contributed by atoms with van der Waals surface area (Å²) in [6, 6.07) is 30.1. The van der Waals surface area contributed by atoms with E-state index >= 15 is 0 Å². The number of aliphatic imine (C=N–C) groups is 2. The van der Waals surface area contributed by atoms with Crippen molar-refractivity contribution >= 4 is 23.8 Å². The van der Waals surface area contributed by atoms with E-state index in [1.807, 2.05) is 86.6 Å². The maximum atomic E-state index is 9.54. The van der Waals surface area contributed by atoms with Crippen LogP contribution in [0.1, 0.15) is 22.3 Å². The molecule has 0 fully saturated rings. The average Bonchev–Trinajstić information content (AvgIpc) is 2.81. The summed E-state index contributed by atoms with van der Waals surface area (Å²) in [5, 5.41) is 19.1. The zero-order valence-corrected chi connectivity index (χ0v) is 19.6. The van der Waals surface area contributed by atoms with Gasteiger partial charge in [0, 0.05) is 40.3 Å². The van der Waals surface area contributed by atoms with E-state index in [1.165, 1.54) is 11.1 Å². The van der Waals surface area contributed by atoms with Crippen molar-refractivity contribution in [1.82, 2.24) is 0 Å². The second-order valence-corrected chi connectivity index (χ2v) is 7.31. The number of para-hydroxylation sites is 2. The predicted octanol–water partition coefficient (Wildman–Crippen LogP) is 6.90. The van der Waals surface area contributed by atoms with Crippen LogP contribution in [0.4, 0.5) is 11.4 Å². The first-order valence-corrected chi connectivity index (χ1v) is 10.3. The zero-order valence-electron chi connectivity index (χ0n) is 18.5. The molecule has 0 aliphatic heterocycles. The van der Waals surface area contributed by atoms with Crippen LogP contribution in [0.15, 0.2) is 107 Å². The Hall–Kier alpha value is -3.67. The minimum atomic E-state index is 0. The molecule has 4 rings (SSSR count). The molecule has 4 aromatic carbocycles. The third-order valence-corrected chi connectivity index (χ3v) is 4.65. The second kappa shape index (κ2) is 13.0. The van der Waals surface area contributed by atoms with E-state index in [0.717, 1.165) is 22.5 Å². The number of benzene rings is 4. The molecule has 1 radical (unpaired) electrons. The number of hydrogen-bond donors (Lipinski definition) is 2. The fourth-order valence-electron chi connectivity index (χ4n) is 2.74. The summed E-state index contributed by atoms with van der Waals surface area (Å²) < 4.78 is 0. The Morgan fingerprint density at radius 2 is 0.848 bits per heavy atom. The molecule has 0 aliphatic rings. The second-order valence-electron chi connectivity index (χ2n) is 7.31. The SMILES string of the molecule is Cc1ccc(N=Cc2ccccc2O)cc1.Cc1ccc(N=Cc2ccccc2O)cc1.[Co]. The Labute approximate surface area is 205 Å². The van der Waals surface area contributed by atoms with Gasteiger partial charge in [-0.15, -0.1) is 0 Å². The molecule has 0 unspecified atom stereocenters. The van der Waals surface area contributed by atoms with Gasteiger partial charge in [-0.3, -0.25) is 9.98 Å². The van der Waals surface area contributed by atoms with E-state index in [0.29, 0.717) is 0 Å². The molecule has 0 spiro atoms. The molecule has 0 bridgehead atoms. The standard InChI is InChI=1S/2C14H13NO.Co/c2*1-11-6-8-13(9-7-11)15-10-12-4-2-3-5-14(12)16;/h2*2-10,16H,1H3;. The van der Waals surface area contributed by atoms with Gasteiger partial charge in [-0.2, -0.15) is 0 Å². The molecule has 0 saturated carbocycles. The van der Waals surface area contributed by atoms with Crippen molar-refractivity contribution in [3.63, 3.8) is 0 Å². The van der Waals surface area contributed by atoms with Gasteiger partial charge < -0.3 is 10.2 Å². The van der Waals surface area contributed by atoms with Crippen LogP contribution in [0.25, 0.3) is 0 Å². The fourth-order valence-corrected chi connectivity index (χ4v) is 2.74. The molecular formula is C28H26CoN2O2. The van der Waals surface area contributed by atoms with Gasteiger partial charge in [0.25, 0.3) is 0 Å². The summed E-state index contributed by atoms with van der Waals surface area (Å²) in [4.78, 5) is 8.59. The van der Waals surface area contributed by atoms with Crippen LogP contribution >= 0.6 is 0 Å². The van der Waals surface area contributed by atoms with Crippen LogP contribution in [0.3, 0.4) is 0 Å². The monoisotopic (exact) mass is 481 g/mol. The number of phenols is 2. The molecule has 0 heterocycles. The van der Waals surface area contributed by atoms with Gasteiger partial charge in [0.1, 0.15) is 11.5 Å². The smallest absolute Gasteiger partial charge is 0.124 e. The summed E-state index contributed by atoms with van der Waals surface area (Å²) in [5.74, 6) is 0.497. The molecule has 5 heteroatoms. The summed E-state index contributed by atoms with van der Waals surface area (Å²) in [6.07, 6.45) is 3.33. The third-order valence-electron chi connectivity index (χ3n) is 4.65. The molecule has 33 heavy (non-hydrogen) atoms. The van der Waals surface area contributed by atoms with Crippen LogP contribution in [0, 0.1) is 13.8 Å². The summed E-state index contributed by atoms with van der Waals surface area (Å²) in [7, 11) is 0. The topological polar surface area (TPSA) is 65.2 Å². The van der Waals surface area contributed by atoms with Crippen molar-refractivity contribution < 1.29 is 27.0 Å². The van der Waals surface area contributed by atoms with Gasteiger partial charge in [-0.25, -0.2) is 0 Å². The minimum Gasteiger partial charge on any atom is -0.507 e. The predicted molar refractivity (Wildman–Crippen MR) is 133 cm³/mol. The molecular weight excluding hydrogens is 455 g/mol. The largest absolute Gasteiger partial charge is 0.507 e. The van der Waals surface area contributed by atoms with Crippen molar-refractivity contribution in [2.24, 2.45) is 9.98 Å². The zero-order chi connectivity index (χ0) is 22.8. The quantitative estimate of drug-likeness (QED) is 0.312. The van der Waals surface area contributed by atoms with Gasteiger partial charge in [-0.1, -0.05) is 59.7 Å². The van der Waals surface area contributed by atoms with Gasteiger partial charge in [-0.05, 0) is 62.4 Å². The first kappa shape index (κ1) is 25.6.